The number of allylic oxidation sites excluding steroid dienone is 2. The summed E-state index contributed by atoms with van der Waals surface area (Å²) in [5.41, 5.74) is -4.60. The number of ketones is 2. The van der Waals surface area contributed by atoms with Crippen LogP contribution in [0.1, 0.15) is 45.7 Å². The molecule has 4 atom stereocenters. The van der Waals surface area contributed by atoms with Crippen LogP contribution in [0.15, 0.2) is 36.4 Å². The molecule has 0 amide bonds. The highest BCUT2D eigenvalue weighted by Gasteiger charge is 2.42. The molecule has 38 heavy (non-hydrogen) atoms. The molecule has 0 saturated heterocycles. The lowest BCUT2D eigenvalue weighted by atomic mass is 9.80. The van der Waals surface area contributed by atoms with Gasteiger partial charge in [-0.15, -0.1) is 0 Å². The number of phenols is 2. The lowest BCUT2D eigenvalue weighted by molar-refractivity contribution is 0.0974. The third-order valence-corrected chi connectivity index (χ3v) is 6.11. The van der Waals surface area contributed by atoms with E-state index in [0.29, 0.717) is 0 Å². The van der Waals surface area contributed by atoms with Gasteiger partial charge in [0.2, 0.25) is 11.6 Å². The molecule has 8 N–H and O–H groups in total. The topological polar surface area (TPSA) is 180 Å². The number of aliphatic hydroxyl groups excluding tert-OH is 4. The predicted molar refractivity (Wildman–Crippen MR) is 134 cm³/mol. The number of carbonyl (C=O) groups excluding carboxylic acids is 2. The van der Waals surface area contributed by atoms with Gasteiger partial charge in [-0.2, -0.15) is 0 Å². The minimum absolute atomic E-state index is 0.662. The Morgan fingerprint density at radius 2 is 1.08 bits per heavy atom. The highest BCUT2D eigenvalue weighted by Crippen LogP contribution is 2.45. The number of nitrogens with one attached hydrogen (secondary N) is 2. The molecule has 1 aliphatic rings. The average molecular weight is 535 g/mol. The summed E-state index contributed by atoms with van der Waals surface area (Å²) in [5, 5.41) is 65.5. The van der Waals surface area contributed by atoms with Crippen molar-refractivity contribution >= 4 is 22.9 Å². The van der Waals surface area contributed by atoms with E-state index in [2.05, 4.69) is 10.6 Å². The molecule has 0 bridgehead atoms. The maximum Gasteiger partial charge on any atom is 0.200 e. The quantitative estimate of drug-likeness (QED) is 0.141. The molecule has 0 fully saturated rings. The van der Waals surface area contributed by atoms with E-state index in [-0.39, 0.29) is 0 Å². The van der Waals surface area contributed by atoms with Crippen LogP contribution in [0, 0.1) is 11.6 Å². The van der Waals surface area contributed by atoms with E-state index in [0.717, 1.165) is 12.1 Å². The van der Waals surface area contributed by atoms with Gasteiger partial charge >= 0.3 is 0 Å². The summed E-state index contributed by atoms with van der Waals surface area (Å²) in [6.45, 7) is 1.53. The first-order chi connectivity index (χ1) is 18.0. The first-order valence-corrected chi connectivity index (χ1v) is 11.6. The van der Waals surface area contributed by atoms with Gasteiger partial charge in [-0.3, -0.25) is 9.59 Å². The second-order valence-corrected chi connectivity index (χ2v) is 8.54. The van der Waals surface area contributed by atoms with Gasteiger partial charge in [-0.1, -0.05) is 24.3 Å². The number of aromatic hydroxyl groups is 2. The average Bonchev–Trinajstić information content (AvgIpc) is 2.88. The maximum atomic E-state index is 15.6. The summed E-state index contributed by atoms with van der Waals surface area (Å²) in [7, 11) is 0. The van der Waals surface area contributed by atoms with E-state index in [1.807, 2.05) is 0 Å². The van der Waals surface area contributed by atoms with Crippen LogP contribution >= 0.6 is 0 Å². The Balaban J connectivity index is 2.36. The SMILES string of the molecule is CC=CC(O)C(CO)Nc1c(F)c(F)c(NC(CO)C(O)C=CC)c2c1C(=O)c1c(O)ccc(O)c1C2=O. The summed E-state index contributed by atoms with van der Waals surface area (Å²) >= 11 is 0. The van der Waals surface area contributed by atoms with E-state index in [4.69, 9.17) is 0 Å². The molecule has 1 aliphatic carbocycles. The maximum absolute atomic E-state index is 15.6. The Hall–Kier alpha value is -3.84. The van der Waals surface area contributed by atoms with Crippen LogP contribution in [0.25, 0.3) is 0 Å². The number of hydrogen-bond acceptors (Lipinski definition) is 10. The Morgan fingerprint density at radius 3 is 1.37 bits per heavy atom. The number of benzene rings is 2. The van der Waals surface area contributed by atoms with Crippen molar-refractivity contribution in [2.75, 3.05) is 23.8 Å². The molecule has 0 heterocycles. The molecular formula is C26H28F2N2O8. The first kappa shape index (κ1) is 28.7. The molecule has 4 unspecified atom stereocenters. The van der Waals surface area contributed by atoms with Crippen LogP contribution in [-0.4, -0.2) is 79.7 Å². The minimum atomic E-state index is -1.68. The summed E-state index contributed by atoms with van der Waals surface area (Å²) in [6, 6.07) is -0.825. The number of rotatable bonds is 10. The Labute approximate surface area is 216 Å². The molecule has 0 spiro atoms. The van der Waals surface area contributed by atoms with Crippen molar-refractivity contribution in [1.82, 2.24) is 0 Å². The number of halogens is 2. The van der Waals surface area contributed by atoms with Crippen LogP contribution in [-0.2, 0) is 0 Å². The standard InChI is InChI=1S/C26H28F2N2O8/c1-3-5-13(33)11(9-31)29-23-19-20(26(38)18-16(36)8-7-15(35)17(18)25(19)37)24(22(28)21(23)27)30-12(10-32)14(34)6-4-2/h3-8,11-14,29-36H,9-10H2,1-2H3. The zero-order valence-electron chi connectivity index (χ0n) is 20.4. The smallest absolute Gasteiger partial charge is 0.200 e. The monoisotopic (exact) mass is 534 g/mol. The van der Waals surface area contributed by atoms with Crippen molar-refractivity contribution in [3.63, 3.8) is 0 Å². The fraction of sp³-hybridized carbons (Fsp3) is 0.308. The minimum Gasteiger partial charge on any atom is -0.507 e. The van der Waals surface area contributed by atoms with E-state index < -0.39 is 106 Å². The van der Waals surface area contributed by atoms with E-state index >= 15 is 8.78 Å². The van der Waals surface area contributed by atoms with Crippen LogP contribution in [0.3, 0.4) is 0 Å². The van der Waals surface area contributed by atoms with Crippen molar-refractivity contribution in [1.29, 1.82) is 0 Å². The molecule has 0 saturated carbocycles. The summed E-state index contributed by atoms with van der Waals surface area (Å²) in [4.78, 5) is 27.2. The molecule has 3 rings (SSSR count). The molecule has 2 aromatic carbocycles. The van der Waals surface area contributed by atoms with Gasteiger partial charge in [0, 0.05) is 0 Å². The molecule has 0 aromatic heterocycles. The zero-order valence-corrected chi connectivity index (χ0v) is 20.4. The highest BCUT2D eigenvalue weighted by atomic mass is 19.2. The van der Waals surface area contributed by atoms with Gasteiger partial charge in [0.15, 0.2) is 11.6 Å². The molecule has 0 radical (unpaired) electrons. The van der Waals surface area contributed by atoms with E-state index in [1.54, 1.807) is 13.8 Å². The van der Waals surface area contributed by atoms with Crippen molar-refractivity contribution in [2.45, 2.75) is 38.1 Å². The fourth-order valence-corrected chi connectivity index (χ4v) is 4.22. The number of aliphatic hydroxyl groups is 4. The number of fused-ring (bicyclic) bond motifs is 2. The van der Waals surface area contributed by atoms with Crippen LogP contribution < -0.4 is 10.6 Å². The first-order valence-electron chi connectivity index (χ1n) is 11.6. The second kappa shape index (κ2) is 11.7. The van der Waals surface area contributed by atoms with E-state index in [1.165, 1.54) is 24.3 Å². The molecular weight excluding hydrogens is 506 g/mol. The second-order valence-electron chi connectivity index (χ2n) is 8.54. The zero-order chi connectivity index (χ0) is 28.3. The third-order valence-electron chi connectivity index (χ3n) is 6.11. The van der Waals surface area contributed by atoms with Crippen LogP contribution in [0.4, 0.5) is 20.2 Å². The molecule has 12 heteroatoms. The van der Waals surface area contributed by atoms with Gasteiger partial charge in [-0.25, -0.2) is 8.78 Å². The summed E-state index contributed by atoms with van der Waals surface area (Å²) in [5.74, 6) is -7.12. The largest absolute Gasteiger partial charge is 0.507 e. The van der Waals surface area contributed by atoms with Gasteiger partial charge in [-0.05, 0) is 26.0 Å². The molecule has 0 aliphatic heterocycles. The van der Waals surface area contributed by atoms with Gasteiger partial charge in [0.05, 0.1) is 71.1 Å². The Bertz CT molecular complexity index is 1210. The van der Waals surface area contributed by atoms with Crippen molar-refractivity contribution < 1.29 is 49.0 Å². The summed E-state index contributed by atoms with van der Waals surface area (Å²) < 4.78 is 31.2. The number of hydrogen-bond donors (Lipinski definition) is 8. The van der Waals surface area contributed by atoms with Crippen LogP contribution in [0.2, 0.25) is 0 Å². The summed E-state index contributed by atoms with van der Waals surface area (Å²) in [6.07, 6.45) is 2.51. The molecule has 2 aromatic rings. The lowest BCUT2D eigenvalue weighted by Crippen LogP contribution is -2.39. The van der Waals surface area contributed by atoms with E-state index in [9.17, 15) is 40.2 Å². The van der Waals surface area contributed by atoms with Crippen molar-refractivity contribution in [3.05, 3.63) is 70.3 Å². The van der Waals surface area contributed by atoms with Crippen molar-refractivity contribution in [2.24, 2.45) is 0 Å². The predicted octanol–water partition coefficient (Wildman–Crippen LogP) is 1.57. The number of carbonyl (C=O) groups is 2. The highest BCUT2D eigenvalue weighted by molar-refractivity contribution is 6.33. The van der Waals surface area contributed by atoms with Crippen LogP contribution in [0.5, 0.6) is 11.5 Å². The normalized spacial score (nSPS) is 16.3. The lowest BCUT2D eigenvalue weighted by Gasteiger charge is -2.30. The fourth-order valence-electron chi connectivity index (χ4n) is 4.22. The number of phenolic OH excluding ortho intramolecular Hbond substituents is 2. The third kappa shape index (κ3) is 4.98. The van der Waals surface area contributed by atoms with Gasteiger partial charge in [0.1, 0.15) is 11.5 Å². The molecule has 10 nitrogen and oxygen atoms in total. The molecule has 204 valence electrons. The van der Waals surface area contributed by atoms with Gasteiger partial charge < -0.3 is 41.3 Å². The Morgan fingerprint density at radius 1 is 0.737 bits per heavy atom. The van der Waals surface area contributed by atoms with Gasteiger partial charge in [0.25, 0.3) is 0 Å². The number of anilines is 2. The van der Waals surface area contributed by atoms with Crippen molar-refractivity contribution in [3.8, 4) is 11.5 Å². The Kier molecular flexibility index (Phi) is 8.84.